The third kappa shape index (κ3) is 2.43. The predicted molar refractivity (Wildman–Crippen MR) is 71.1 cm³/mol. The molecule has 0 radical (unpaired) electrons. The summed E-state index contributed by atoms with van der Waals surface area (Å²) in [7, 11) is 0. The van der Waals surface area contributed by atoms with Crippen molar-refractivity contribution in [2.24, 2.45) is 5.92 Å². The number of imidazole rings is 1. The minimum absolute atomic E-state index is 0.817. The molecule has 1 fully saturated rings. The maximum atomic E-state index is 4.27. The summed E-state index contributed by atoms with van der Waals surface area (Å²) in [5, 5.41) is 3.42. The van der Waals surface area contributed by atoms with Crippen molar-refractivity contribution in [3.05, 3.63) is 37.1 Å². The molecule has 0 aromatic carbocycles. The first kappa shape index (κ1) is 11.4. The number of aryl methyl sites for hydroxylation is 1. The summed E-state index contributed by atoms with van der Waals surface area (Å²) in [6.45, 7) is 3.38. The van der Waals surface area contributed by atoms with Crippen LogP contribution in [0.5, 0.6) is 0 Å². The van der Waals surface area contributed by atoms with Gasteiger partial charge in [-0.1, -0.05) is 0 Å². The molecule has 0 spiro atoms. The third-order valence-corrected chi connectivity index (χ3v) is 3.63. The molecule has 1 N–H and O–H groups in total. The lowest BCUT2D eigenvalue weighted by Crippen LogP contribution is -2.11. The fourth-order valence-electron chi connectivity index (χ4n) is 2.54. The van der Waals surface area contributed by atoms with Crippen LogP contribution in [0.2, 0.25) is 0 Å². The molecule has 4 heteroatoms. The fourth-order valence-corrected chi connectivity index (χ4v) is 2.54. The van der Waals surface area contributed by atoms with Crippen LogP contribution in [0.25, 0.3) is 11.3 Å². The lowest BCUT2D eigenvalue weighted by molar-refractivity contribution is 0.481. The van der Waals surface area contributed by atoms with E-state index in [2.05, 4.69) is 19.9 Å². The molecular weight excluding hydrogens is 224 g/mol. The summed E-state index contributed by atoms with van der Waals surface area (Å²) in [6, 6.07) is 4.06. The van der Waals surface area contributed by atoms with Gasteiger partial charge in [0.05, 0.1) is 18.2 Å². The zero-order valence-electron chi connectivity index (χ0n) is 10.4. The van der Waals surface area contributed by atoms with Crippen molar-refractivity contribution < 1.29 is 0 Å². The van der Waals surface area contributed by atoms with Gasteiger partial charge in [-0.05, 0) is 44.0 Å². The third-order valence-electron chi connectivity index (χ3n) is 3.63. The van der Waals surface area contributed by atoms with Crippen molar-refractivity contribution in [2.75, 3.05) is 13.1 Å². The Kier molecular flexibility index (Phi) is 3.37. The molecule has 94 valence electrons. The molecular formula is C14H18N4. The highest BCUT2D eigenvalue weighted by atomic mass is 15.0. The van der Waals surface area contributed by atoms with E-state index in [9.17, 15) is 0 Å². The second-order valence-corrected chi connectivity index (χ2v) is 4.86. The Labute approximate surface area is 107 Å². The van der Waals surface area contributed by atoms with Gasteiger partial charge in [-0.3, -0.25) is 4.98 Å². The number of nitrogens with one attached hydrogen (secondary N) is 1. The highest BCUT2D eigenvalue weighted by Crippen LogP contribution is 2.20. The van der Waals surface area contributed by atoms with E-state index in [4.69, 9.17) is 0 Å². The zero-order valence-corrected chi connectivity index (χ0v) is 10.4. The van der Waals surface area contributed by atoms with Crippen molar-refractivity contribution in [2.45, 2.75) is 19.4 Å². The van der Waals surface area contributed by atoms with Crippen LogP contribution in [0.1, 0.15) is 12.8 Å². The Bertz CT molecular complexity index is 486. The molecule has 18 heavy (non-hydrogen) atoms. The van der Waals surface area contributed by atoms with E-state index in [1.165, 1.54) is 37.2 Å². The topological polar surface area (TPSA) is 42.7 Å². The van der Waals surface area contributed by atoms with E-state index in [0.717, 1.165) is 12.5 Å². The van der Waals surface area contributed by atoms with Crippen LogP contribution in [-0.2, 0) is 6.54 Å². The molecule has 0 aliphatic carbocycles. The van der Waals surface area contributed by atoms with E-state index < -0.39 is 0 Å². The summed E-state index contributed by atoms with van der Waals surface area (Å²) >= 11 is 0. The van der Waals surface area contributed by atoms with Crippen LogP contribution in [0, 0.1) is 5.92 Å². The maximum absolute atomic E-state index is 4.27. The van der Waals surface area contributed by atoms with Gasteiger partial charge >= 0.3 is 0 Å². The molecule has 4 nitrogen and oxygen atoms in total. The van der Waals surface area contributed by atoms with Gasteiger partial charge in [0.25, 0.3) is 0 Å². The van der Waals surface area contributed by atoms with Crippen LogP contribution in [0.15, 0.2) is 37.1 Å². The molecule has 1 aliphatic heterocycles. The van der Waals surface area contributed by atoms with Crippen LogP contribution >= 0.6 is 0 Å². The second-order valence-electron chi connectivity index (χ2n) is 4.86. The zero-order chi connectivity index (χ0) is 12.2. The van der Waals surface area contributed by atoms with E-state index in [1.54, 1.807) is 0 Å². The summed E-state index contributed by atoms with van der Waals surface area (Å²) in [5.41, 5.74) is 2.37. The number of aromatic nitrogens is 3. The first-order chi connectivity index (χ1) is 8.93. The SMILES string of the molecule is c1cc(-c2cncn2CCC2CCNC2)ccn1. The summed E-state index contributed by atoms with van der Waals surface area (Å²) in [5.74, 6) is 0.817. The molecule has 2 aromatic rings. The standard InChI is InChI=1S/C14H18N4/c1-5-16-9-12(1)4-8-18-11-17-10-14(18)13-2-6-15-7-3-13/h2-3,6-7,10-12,16H,1,4-5,8-9H2. The number of hydrogen-bond acceptors (Lipinski definition) is 3. The lowest BCUT2D eigenvalue weighted by Gasteiger charge is -2.11. The number of nitrogens with zero attached hydrogens (tertiary/aromatic N) is 3. The average Bonchev–Trinajstić information content (AvgIpc) is 3.09. The van der Waals surface area contributed by atoms with Crippen LogP contribution in [0.4, 0.5) is 0 Å². The Morgan fingerprint density at radius 2 is 2.17 bits per heavy atom. The molecule has 1 unspecified atom stereocenters. The smallest absolute Gasteiger partial charge is 0.0950 e. The Morgan fingerprint density at radius 1 is 1.28 bits per heavy atom. The monoisotopic (exact) mass is 242 g/mol. The average molecular weight is 242 g/mol. The van der Waals surface area contributed by atoms with Crippen molar-refractivity contribution in [3.63, 3.8) is 0 Å². The minimum atomic E-state index is 0.817. The van der Waals surface area contributed by atoms with Crippen LogP contribution < -0.4 is 5.32 Å². The molecule has 1 saturated heterocycles. The van der Waals surface area contributed by atoms with E-state index >= 15 is 0 Å². The van der Waals surface area contributed by atoms with Crippen molar-refractivity contribution in [1.82, 2.24) is 19.9 Å². The molecule has 1 aliphatic rings. The minimum Gasteiger partial charge on any atom is -0.331 e. The first-order valence-corrected chi connectivity index (χ1v) is 6.55. The molecule has 3 rings (SSSR count). The van der Waals surface area contributed by atoms with Crippen LogP contribution in [-0.4, -0.2) is 27.6 Å². The molecule has 1 atom stereocenters. The van der Waals surface area contributed by atoms with E-state index in [-0.39, 0.29) is 0 Å². The number of pyridine rings is 1. The van der Waals surface area contributed by atoms with Gasteiger partial charge in [0.1, 0.15) is 0 Å². The number of rotatable bonds is 4. The van der Waals surface area contributed by atoms with Crippen molar-refractivity contribution in [3.8, 4) is 11.3 Å². The van der Waals surface area contributed by atoms with Gasteiger partial charge in [-0.15, -0.1) is 0 Å². The van der Waals surface area contributed by atoms with Crippen LogP contribution in [0.3, 0.4) is 0 Å². The highest BCUT2D eigenvalue weighted by molar-refractivity contribution is 5.57. The first-order valence-electron chi connectivity index (χ1n) is 6.55. The Balaban J connectivity index is 1.71. The van der Waals surface area contributed by atoms with Gasteiger partial charge in [0.2, 0.25) is 0 Å². The molecule has 0 bridgehead atoms. The number of hydrogen-bond donors (Lipinski definition) is 1. The van der Waals surface area contributed by atoms with Crippen molar-refractivity contribution in [1.29, 1.82) is 0 Å². The summed E-state index contributed by atoms with van der Waals surface area (Å²) < 4.78 is 2.24. The highest BCUT2D eigenvalue weighted by Gasteiger charge is 2.14. The molecule has 0 saturated carbocycles. The Morgan fingerprint density at radius 3 is 2.94 bits per heavy atom. The Hall–Kier alpha value is -1.68. The predicted octanol–water partition coefficient (Wildman–Crippen LogP) is 1.94. The van der Waals surface area contributed by atoms with Gasteiger partial charge in [0, 0.05) is 24.5 Å². The molecule has 3 heterocycles. The largest absolute Gasteiger partial charge is 0.331 e. The van der Waals surface area contributed by atoms with E-state index in [1.807, 2.05) is 37.1 Å². The molecule has 2 aromatic heterocycles. The second kappa shape index (κ2) is 5.31. The van der Waals surface area contributed by atoms with Gasteiger partial charge in [-0.2, -0.15) is 0 Å². The summed E-state index contributed by atoms with van der Waals surface area (Å²) in [4.78, 5) is 8.33. The summed E-state index contributed by atoms with van der Waals surface area (Å²) in [6.07, 6.45) is 10.0. The normalized spacial score (nSPS) is 19.2. The quantitative estimate of drug-likeness (QED) is 0.891. The van der Waals surface area contributed by atoms with Gasteiger partial charge < -0.3 is 9.88 Å². The van der Waals surface area contributed by atoms with Crippen molar-refractivity contribution >= 4 is 0 Å². The van der Waals surface area contributed by atoms with E-state index in [0.29, 0.717) is 0 Å². The van der Waals surface area contributed by atoms with Gasteiger partial charge in [-0.25, -0.2) is 4.98 Å². The maximum Gasteiger partial charge on any atom is 0.0950 e. The van der Waals surface area contributed by atoms with Gasteiger partial charge in [0.15, 0.2) is 0 Å². The molecule has 0 amide bonds. The lowest BCUT2D eigenvalue weighted by atomic mass is 10.1. The fraction of sp³-hybridized carbons (Fsp3) is 0.429.